The fraction of sp³-hybridized carbons (Fsp3) is 0.133. The van der Waals surface area contributed by atoms with Crippen LogP contribution in [0.3, 0.4) is 0 Å². The molecule has 0 aliphatic carbocycles. The molecule has 0 saturated heterocycles. The van der Waals surface area contributed by atoms with Crippen molar-refractivity contribution in [2.45, 2.75) is 13.1 Å². The number of halogens is 1. The van der Waals surface area contributed by atoms with E-state index in [0.717, 1.165) is 13.1 Å². The zero-order valence-electron chi connectivity index (χ0n) is 10.5. The van der Waals surface area contributed by atoms with Crippen molar-refractivity contribution in [1.82, 2.24) is 14.1 Å². The van der Waals surface area contributed by atoms with E-state index in [-0.39, 0.29) is 12.4 Å². The van der Waals surface area contributed by atoms with Gasteiger partial charge in [-0.15, -0.1) is 12.4 Å². The Labute approximate surface area is 118 Å². The van der Waals surface area contributed by atoms with Crippen molar-refractivity contribution in [1.29, 1.82) is 0 Å². The minimum atomic E-state index is 0. The van der Waals surface area contributed by atoms with Gasteiger partial charge in [0.25, 0.3) is 0 Å². The number of benzene rings is 1. The molecule has 0 aliphatic rings. The second-order valence-electron chi connectivity index (χ2n) is 4.35. The smallest absolute Gasteiger partial charge is 0.0949 e. The van der Waals surface area contributed by atoms with Gasteiger partial charge in [-0.25, -0.2) is 4.98 Å². The molecule has 1 aromatic carbocycles. The zero-order chi connectivity index (χ0) is 12.2. The summed E-state index contributed by atoms with van der Waals surface area (Å²) in [4.78, 5) is 4.07. The number of hydrogen-bond donors (Lipinski definition) is 0. The topological polar surface area (TPSA) is 22.8 Å². The minimum absolute atomic E-state index is 0. The molecule has 2 heterocycles. The Morgan fingerprint density at radius 2 is 1.74 bits per heavy atom. The molecule has 0 aliphatic heterocycles. The molecular formula is C15H16ClN3. The predicted molar refractivity (Wildman–Crippen MR) is 78.6 cm³/mol. The molecule has 0 fully saturated rings. The molecule has 0 spiro atoms. The first kappa shape index (κ1) is 13.4. The number of imidazole rings is 1. The molecule has 0 saturated carbocycles. The molecule has 0 bridgehead atoms. The summed E-state index contributed by atoms with van der Waals surface area (Å²) in [6.45, 7) is 1.78. The van der Waals surface area contributed by atoms with Crippen molar-refractivity contribution >= 4 is 12.4 Å². The molecule has 19 heavy (non-hydrogen) atoms. The fourth-order valence-electron chi connectivity index (χ4n) is 2.09. The maximum absolute atomic E-state index is 4.07. The van der Waals surface area contributed by atoms with Gasteiger partial charge in [0.05, 0.1) is 12.9 Å². The van der Waals surface area contributed by atoms with Gasteiger partial charge < -0.3 is 9.13 Å². The highest BCUT2D eigenvalue weighted by Gasteiger charge is 2.02. The van der Waals surface area contributed by atoms with Crippen LogP contribution in [-0.4, -0.2) is 14.1 Å². The highest BCUT2D eigenvalue weighted by Crippen LogP contribution is 2.09. The Bertz CT molecular complexity index is 599. The summed E-state index contributed by atoms with van der Waals surface area (Å²) >= 11 is 0. The van der Waals surface area contributed by atoms with E-state index < -0.39 is 0 Å². The maximum atomic E-state index is 4.07. The van der Waals surface area contributed by atoms with E-state index in [9.17, 15) is 0 Å². The van der Waals surface area contributed by atoms with Crippen LogP contribution in [0.2, 0.25) is 0 Å². The zero-order valence-corrected chi connectivity index (χ0v) is 11.3. The van der Waals surface area contributed by atoms with E-state index in [1.54, 1.807) is 0 Å². The third kappa shape index (κ3) is 3.26. The summed E-state index contributed by atoms with van der Waals surface area (Å²) in [7, 11) is 0. The SMILES string of the molecule is Cl.c1ccc(Cn2cccc2Cn2ccnc2)cc1. The first-order chi connectivity index (χ1) is 8.92. The first-order valence-corrected chi connectivity index (χ1v) is 6.05. The van der Waals surface area contributed by atoms with Crippen molar-refractivity contribution < 1.29 is 0 Å². The van der Waals surface area contributed by atoms with Gasteiger partial charge in [-0.3, -0.25) is 0 Å². The van der Waals surface area contributed by atoms with Gasteiger partial charge in [0.15, 0.2) is 0 Å². The Morgan fingerprint density at radius 1 is 0.895 bits per heavy atom. The van der Waals surface area contributed by atoms with Gasteiger partial charge in [0.1, 0.15) is 0 Å². The molecule has 3 aromatic rings. The summed E-state index contributed by atoms with van der Waals surface area (Å²) in [6.07, 6.45) is 7.77. The molecule has 2 aromatic heterocycles. The molecule has 3 nitrogen and oxygen atoms in total. The second-order valence-corrected chi connectivity index (χ2v) is 4.35. The molecule has 0 N–H and O–H groups in total. The monoisotopic (exact) mass is 273 g/mol. The van der Waals surface area contributed by atoms with Gasteiger partial charge in [-0.1, -0.05) is 30.3 Å². The molecule has 3 rings (SSSR count). The summed E-state index contributed by atoms with van der Waals surface area (Å²) in [5, 5.41) is 0. The number of rotatable bonds is 4. The molecule has 4 heteroatoms. The predicted octanol–water partition coefficient (Wildman–Crippen LogP) is 3.20. The largest absolute Gasteiger partial charge is 0.345 e. The van der Waals surface area contributed by atoms with E-state index in [2.05, 4.69) is 56.7 Å². The van der Waals surface area contributed by atoms with E-state index in [4.69, 9.17) is 0 Å². The molecule has 0 unspecified atom stereocenters. The molecule has 0 amide bonds. The van der Waals surface area contributed by atoms with E-state index >= 15 is 0 Å². The molecule has 0 atom stereocenters. The lowest BCUT2D eigenvalue weighted by Gasteiger charge is -2.09. The number of nitrogens with zero attached hydrogens (tertiary/aromatic N) is 3. The fourth-order valence-corrected chi connectivity index (χ4v) is 2.09. The van der Waals surface area contributed by atoms with Crippen molar-refractivity contribution in [2.75, 3.05) is 0 Å². The van der Waals surface area contributed by atoms with Crippen molar-refractivity contribution in [3.8, 4) is 0 Å². The average molecular weight is 274 g/mol. The Morgan fingerprint density at radius 3 is 2.47 bits per heavy atom. The summed E-state index contributed by atoms with van der Waals surface area (Å²) in [5.41, 5.74) is 2.61. The van der Waals surface area contributed by atoms with Crippen LogP contribution in [0.15, 0.2) is 67.4 Å². The summed E-state index contributed by atoms with van der Waals surface area (Å²) < 4.78 is 4.35. The third-order valence-corrected chi connectivity index (χ3v) is 3.02. The molecule has 98 valence electrons. The van der Waals surface area contributed by atoms with Crippen LogP contribution in [0.25, 0.3) is 0 Å². The van der Waals surface area contributed by atoms with E-state index in [0.29, 0.717) is 0 Å². The lowest BCUT2D eigenvalue weighted by molar-refractivity contribution is 0.686. The molecule has 0 radical (unpaired) electrons. The van der Waals surface area contributed by atoms with Crippen LogP contribution >= 0.6 is 12.4 Å². The lowest BCUT2D eigenvalue weighted by Crippen LogP contribution is -2.06. The van der Waals surface area contributed by atoms with Crippen LogP contribution < -0.4 is 0 Å². The van der Waals surface area contributed by atoms with Crippen molar-refractivity contribution in [2.24, 2.45) is 0 Å². The maximum Gasteiger partial charge on any atom is 0.0949 e. The van der Waals surface area contributed by atoms with Crippen LogP contribution in [-0.2, 0) is 13.1 Å². The van der Waals surface area contributed by atoms with Crippen LogP contribution in [0.5, 0.6) is 0 Å². The van der Waals surface area contributed by atoms with Crippen molar-refractivity contribution in [3.05, 3.63) is 78.6 Å². The average Bonchev–Trinajstić information content (AvgIpc) is 3.04. The van der Waals surface area contributed by atoms with Gasteiger partial charge in [0, 0.05) is 30.8 Å². The van der Waals surface area contributed by atoms with E-state index in [1.807, 2.05) is 24.8 Å². The number of aromatic nitrogens is 3. The second kappa shape index (κ2) is 6.25. The van der Waals surface area contributed by atoms with Crippen LogP contribution in [0.1, 0.15) is 11.3 Å². The number of hydrogen-bond acceptors (Lipinski definition) is 1. The molecular weight excluding hydrogens is 258 g/mol. The van der Waals surface area contributed by atoms with Gasteiger partial charge in [0.2, 0.25) is 0 Å². The Hall–Kier alpha value is -2.00. The van der Waals surface area contributed by atoms with Crippen LogP contribution in [0, 0.1) is 0 Å². The Kier molecular flexibility index (Phi) is 4.42. The van der Waals surface area contributed by atoms with Crippen LogP contribution in [0.4, 0.5) is 0 Å². The standard InChI is InChI=1S/C15H15N3.ClH/c1-2-5-14(6-3-1)11-18-9-4-7-15(18)12-17-10-8-16-13-17;/h1-10,13H,11-12H2;1H. The minimum Gasteiger partial charge on any atom is -0.345 e. The van der Waals surface area contributed by atoms with Gasteiger partial charge in [-0.2, -0.15) is 0 Å². The quantitative estimate of drug-likeness (QED) is 0.716. The third-order valence-electron chi connectivity index (χ3n) is 3.02. The lowest BCUT2D eigenvalue weighted by atomic mass is 10.2. The summed E-state index contributed by atoms with van der Waals surface area (Å²) in [5.74, 6) is 0. The van der Waals surface area contributed by atoms with Crippen molar-refractivity contribution in [3.63, 3.8) is 0 Å². The van der Waals surface area contributed by atoms with E-state index in [1.165, 1.54) is 11.3 Å². The van der Waals surface area contributed by atoms with Gasteiger partial charge >= 0.3 is 0 Å². The Balaban J connectivity index is 0.00000133. The highest BCUT2D eigenvalue weighted by molar-refractivity contribution is 5.85. The normalized spacial score (nSPS) is 10.1. The first-order valence-electron chi connectivity index (χ1n) is 6.05. The highest BCUT2D eigenvalue weighted by atomic mass is 35.5. The summed E-state index contributed by atoms with van der Waals surface area (Å²) in [6, 6.07) is 14.8. The van der Waals surface area contributed by atoms with Gasteiger partial charge in [-0.05, 0) is 17.7 Å².